The number of hydrogen-bond acceptors (Lipinski definition) is 4. The highest BCUT2D eigenvalue weighted by molar-refractivity contribution is 5.99. The number of nitrogens with two attached hydrogens (primary N) is 1. The molecule has 2 rings (SSSR count). The summed E-state index contributed by atoms with van der Waals surface area (Å²) < 4.78 is 5.01. The summed E-state index contributed by atoms with van der Waals surface area (Å²) in [4.78, 5) is 23.7. The van der Waals surface area contributed by atoms with Crippen molar-refractivity contribution in [2.24, 2.45) is 0 Å². The van der Waals surface area contributed by atoms with Gasteiger partial charge in [-0.3, -0.25) is 4.79 Å². The molecule has 0 bridgehead atoms. The quantitative estimate of drug-likeness (QED) is 0.683. The number of ether oxygens (including phenoxy) is 1. The summed E-state index contributed by atoms with van der Waals surface area (Å²) >= 11 is 0. The second kappa shape index (κ2) is 7.07. The SMILES string of the molecule is CCOC(=O)c1ccc(N)c(/C2=C/C(=O)CCCCC2)c1. The Hall–Kier alpha value is -2.10. The summed E-state index contributed by atoms with van der Waals surface area (Å²) in [6.45, 7) is 2.10. The van der Waals surface area contributed by atoms with Crippen LogP contribution in [0.2, 0.25) is 0 Å². The maximum Gasteiger partial charge on any atom is 0.338 e. The Morgan fingerprint density at radius 2 is 2.00 bits per heavy atom. The normalized spacial score (nSPS) is 18.3. The van der Waals surface area contributed by atoms with Gasteiger partial charge >= 0.3 is 5.97 Å². The molecule has 0 saturated heterocycles. The van der Waals surface area contributed by atoms with Crippen molar-refractivity contribution < 1.29 is 14.3 Å². The average molecular weight is 287 g/mol. The lowest BCUT2D eigenvalue weighted by Crippen LogP contribution is -2.07. The Kier molecular flexibility index (Phi) is 5.14. The van der Waals surface area contributed by atoms with Crippen LogP contribution >= 0.6 is 0 Å². The minimum absolute atomic E-state index is 0.130. The fraction of sp³-hybridized carbons (Fsp3) is 0.412. The average Bonchev–Trinajstić information content (AvgIpc) is 2.43. The molecule has 4 nitrogen and oxygen atoms in total. The van der Waals surface area contributed by atoms with E-state index in [0.717, 1.165) is 36.8 Å². The lowest BCUT2D eigenvalue weighted by atomic mass is 9.92. The van der Waals surface area contributed by atoms with Crippen LogP contribution in [0, 0.1) is 0 Å². The Labute approximate surface area is 125 Å². The summed E-state index contributed by atoms with van der Waals surface area (Å²) in [5.74, 6) is -0.234. The highest BCUT2D eigenvalue weighted by atomic mass is 16.5. The molecule has 4 heteroatoms. The third-order valence-corrected chi connectivity index (χ3v) is 3.61. The fourth-order valence-electron chi connectivity index (χ4n) is 2.52. The first kappa shape index (κ1) is 15.3. The van der Waals surface area contributed by atoms with Gasteiger partial charge in [0.1, 0.15) is 0 Å². The molecule has 1 aliphatic rings. The second-order valence-corrected chi connectivity index (χ2v) is 5.22. The molecule has 21 heavy (non-hydrogen) atoms. The lowest BCUT2D eigenvalue weighted by Gasteiger charge is -2.14. The second-order valence-electron chi connectivity index (χ2n) is 5.22. The van der Waals surface area contributed by atoms with Gasteiger partial charge < -0.3 is 10.5 Å². The van der Waals surface area contributed by atoms with Gasteiger partial charge in [0, 0.05) is 17.7 Å². The first-order chi connectivity index (χ1) is 10.1. The van der Waals surface area contributed by atoms with Crippen LogP contribution in [0.25, 0.3) is 5.57 Å². The van der Waals surface area contributed by atoms with E-state index in [1.807, 2.05) is 0 Å². The summed E-state index contributed by atoms with van der Waals surface area (Å²) in [5.41, 5.74) is 8.77. The van der Waals surface area contributed by atoms with E-state index in [9.17, 15) is 9.59 Å². The Morgan fingerprint density at radius 1 is 1.24 bits per heavy atom. The zero-order valence-electron chi connectivity index (χ0n) is 12.4. The number of anilines is 1. The molecular formula is C17H21NO3. The van der Waals surface area contributed by atoms with Crippen molar-refractivity contribution >= 4 is 23.0 Å². The number of carbonyl (C=O) groups is 2. The number of rotatable bonds is 3. The first-order valence-corrected chi connectivity index (χ1v) is 7.42. The summed E-state index contributed by atoms with van der Waals surface area (Å²) in [7, 11) is 0. The van der Waals surface area contributed by atoms with Gasteiger partial charge in [-0.15, -0.1) is 0 Å². The molecule has 0 unspecified atom stereocenters. The van der Waals surface area contributed by atoms with Crippen LogP contribution in [0.5, 0.6) is 0 Å². The third-order valence-electron chi connectivity index (χ3n) is 3.61. The van der Waals surface area contributed by atoms with Gasteiger partial charge in [-0.2, -0.15) is 0 Å². The molecule has 0 heterocycles. The highest BCUT2D eigenvalue weighted by Gasteiger charge is 2.14. The van der Waals surface area contributed by atoms with E-state index in [1.54, 1.807) is 31.2 Å². The van der Waals surface area contributed by atoms with Crippen LogP contribution in [0.1, 0.15) is 54.9 Å². The molecule has 0 aromatic heterocycles. The summed E-state index contributed by atoms with van der Waals surface area (Å²) in [6.07, 6.45) is 6.09. The van der Waals surface area contributed by atoms with E-state index in [0.29, 0.717) is 24.3 Å². The molecule has 0 aliphatic heterocycles. The van der Waals surface area contributed by atoms with E-state index in [-0.39, 0.29) is 11.8 Å². The van der Waals surface area contributed by atoms with E-state index < -0.39 is 0 Å². The number of ketones is 1. The van der Waals surface area contributed by atoms with E-state index in [4.69, 9.17) is 10.5 Å². The van der Waals surface area contributed by atoms with Crippen LogP contribution in [0.15, 0.2) is 24.3 Å². The van der Waals surface area contributed by atoms with E-state index >= 15 is 0 Å². The van der Waals surface area contributed by atoms with Crippen molar-refractivity contribution in [3.8, 4) is 0 Å². The number of benzene rings is 1. The molecule has 0 amide bonds. The minimum atomic E-state index is -0.364. The van der Waals surface area contributed by atoms with Gasteiger partial charge in [0.15, 0.2) is 5.78 Å². The standard InChI is InChI=1S/C17H21NO3/c1-2-21-17(20)13-8-9-16(18)15(11-13)12-6-4-3-5-7-14(19)10-12/h8-11H,2-7,18H2,1H3/b12-10+. The van der Waals surface area contributed by atoms with Crippen molar-refractivity contribution in [2.45, 2.75) is 39.0 Å². The van der Waals surface area contributed by atoms with E-state index in [1.165, 1.54) is 0 Å². The first-order valence-electron chi connectivity index (χ1n) is 7.42. The van der Waals surface area contributed by atoms with Crippen LogP contribution < -0.4 is 5.73 Å². The van der Waals surface area contributed by atoms with Crippen molar-refractivity contribution in [1.29, 1.82) is 0 Å². The van der Waals surface area contributed by atoms with Crippen molar-refractivity contribution in [3.63, 3.8) is 0 Å². The van der Waals surface area contributed by atoms with Crippen LogP contribution in [0.4, 0.5) is 5.69 Å². The molecular weight excluding hydrogens is 266 g/mol. The lowest BCUT2D eigenvalue weighted by molar-refractivity contribution is -0.114. The maximum atomic E-state index is 11.8. The van der Waals surface area contributed by atoms with Crippen LogP contribution in [-0.2, 0) is 9.53 Å². The molecule has 0 saturated carbocycles. The Morgan fingerprint density at radius 3 is 2.76 bits per heavy atom. The number of allylic oxidation sites excluding steroid dienone is 2. The largest absolute Gasteiger partial charge is 0.462 e. The van der Waals surface area contributed by atoms with Crippen molar-refractivity contribution in [3.05, 3.63) is 35.4 Å². The highest BCUT2D eigenvalue weighted by Crippen LogP contribution is 2.29. The van der Waals surface area contributed by atoms with Gasteiger partial charge in [0.2, 0.25) is 0 Å². The van der Waals surface area contributed by atoms with Gasteiger partial charge in [-0.1, -0.05) is 6.42 Å². The molecule has 112 valence electrons. The van der Waals surface area contributed by atoms with Gasteiger partial charge in [-0.05, 0) is 56.0 Å². The monoisotopic (exact) mass is 287 g/mol. The summed E-state index contributed by atoms with van der Waals surface area (Å²) in [6, 6.07) is 5.09. The number of nitrogen functional groups attached to an aromatic ring is 1. The Balaban J connectivity index is 2.36. The number of esters is 1. The number of carbonyl (C=O) groups excluding carboxylic acids is 2. The summed E-state index contributed by atoms with van der Waals surface area (Å²) in [5, 5.41) is 0. The molecule has 0 spiro atoms. The molecule has 0 atom stereocenters. The topological polar surface area (TPSA) is 69.4 Å². The van der Waals surface area contributed by atoms with Crippen molar-refractivity contribution in [1.82, 2.24) is 0 Å². The predicted octanol–water partition coefficient (Wildman–Crippen LogP) is 3.36. The molecule has 1 aromatic carbocycles. The maximum absolute atomic E-state index is 11.8. The molecule has 0 radical (unpaired) electrons. The van der Waals surface area contributed by atoms with Crippen LogP contribution in [-0.4, -0.2) is 18.4 Å². The zero-order valence-corrected chi connectivity index (χ0v) is 12.4. The third kappa shape index (κ3) is 3.94. The van der Waals surface area contributed by atoms with E-state index in [2.05, 4.69) is 0 Å². The molecule has 0 fully saturated rings. The minimum Gasteiger partial charge on any atom is -0.462 e. The molecule has 1 aliphatic carbocycles. The Bertz CT molecular complexity index is 575. The zero-order chi connectivity index (χ0) is 15.2. The van der Waals surface area contributed by atoms with Gasteiger partial charge in [-0.25, -0.2) is 4.79 Å². The van der Waals surface area contributed by atoms with Gasteiger partial charge in [0.25, 0.3) is 0 Å². The van der Waals surface area contributed by atoms with Crippen molar-refractivity contribution in [2.75, 3.05) is 12.3 Å². The van der Waals surface area contributed by atoms with Gasteiger partial charge in [0.05, 0.1) is 12.2 Å². The molecule has 2 N–H and O–H groups in total. The number of hydrogen-bond donors (Lipinski definition) is 1. The van der Waals surface area contributed by atoms with Crippen LogP contribution in [0.3, 0.4) is 0 Å². The smallest absolute Gasteiger partial charge is 0.338 e. The predicted molar refractivity (Wildman–Crippen MR) is 82.9 cm³/mol. The fourth-order valence-corrected chi connectivity index (χ4v) is 2.52. The molecule has 1 aromatic rings.